The average molecular weight is 408 g/mol. The highest BCUT2D eigenvalue weighted by atomic mass is 32.2. The van der Waals surface area contributed by atoms with Crippen molar-refractivity contribution >= 4 is 21.6 Å². The van der Waals surface area contributed by atoms with E-state index < -0.39 is 10.0 Å². The lowest BCUT2D eigenvalue weighted by Crippen LogP contribution is -2.43. The fourth-order valence-corrected chi connectivity index (χ4v) is 5.62. The number of carbonyl (C=O) groups is 1. The molecule has 28 heavy (non-hydrogen) atoms. The number of hydrogen-bond acceptors (Lipinski definition) is 4. The maximum Gasteiger partial charge on any atom is 0.243 e. The van der Waals surface area contributed by atoms with Crippen molar-refractivity contribution in [2.24, 2.45) is 0 Å². The minimum atomic E-state index is -3.50. The summed E-state index contributed by atoms with van der Waals surface area (Å²) in [6, 6.07) is 6.43. The highest BCUT2D eigenvalue weighted by Crippen LogP contribution is 2.23. The van der Waals surface area contributed by atoms with E-state index in [2.05, 4.69) is 10.2 Å². The van der Waals surface area contributed by atoms with E-state index in [1.165, 1.54) is 19.3 Å². The number of rotatable bonds is 5. The fraction of sp³-hybridized carbons (Fsp3) is 0.667. The van der Waals surface area contributed by atoms with Gasteiger partial charge in [0.15, 0.2) is 0 Å². The first-order chi connectivity index (χ1) is 13.5. The first-order valence-corrected chi connectivity index (χ1v) is 12.1. The Morgan fingerprint density at radius 3 is 2.18 bits per heavy atom. The van der Waals surface area contributed by atoms with E-state index in [4.69, 9.17) is 0 Å². The van der Waals surface area contributed by atoms with Gasteiger partial charge in [-0.1, -0.05) is 31.7 Å². The highest BCUT2D eigenvalue weighted by Gasteiger charge is 2.27. The first kappa shape index (κ1) is 21.3. The number of likely N-dealkylation sites (tertiary alicyclic amines) is 1. The molecule has 0 aromatic heterocycles. The summed E-state index contributed by atoms with van der Waals surface area (Å²) < 4.78 is 27.3. The predicted molar refractivity (Wildman–Crippen MR) is 112 cm³/mol. The lowest BCUT2D eigenvalue weighted by Gasteiger charge is -2.29. The van der Waals surface area contributed by atoms with Crippen LogP contribution in [0.25, 0.3) is 0 Å². The third-order valence-corrected chi connectivity index (χ3v) is 7.77. The molecule has 1 amide bonds. The summed E-state index contributed by atoms with van der Waals surface area (Å²) in [5.41, 5.74) is 0.543. The van der Waals surface area contributed by atoms with Crippen LogP contribution in [0, 0.1) is 0 Å². The zero-order valence-electron chi connectivity index (χ0n) is 16.9. The van der Waals surface area contributed by atoms with Crippen LogP contribution in [0.2, 0.25) is 0 Å². The van der Waals surface area contributed by atoms with Gasteiger partial charge in [-0.05, 0) is 63.9 Å². The van der Waals surface area contributed by atoms with Crippen LogP contribution in [0.5, 0.6) is 0 Å². The lowest BCUT2D eigenvalue weighted by atomic mass is 10.1. The number of carbonyl (C=O) groups excluding carboxylic acids is 1. The monoisotopic (exact) mass is 407 g/mol. The second-order valence-electron chi connectivity index (χ2n) is 7.96. The molecule has 7 heteroatoms. The molecule has 3 rings (SSSR count). The van der Waals surface area contributed by atoms with Crippen molar-refractivity contribution in [3.8, 4) is 0 Å². The van der Waals surface area contributed by atoms with Gasteiger partial charge >= 0.3 is 0 Å². The summed E-state index contributed by atoms with van der Waals surface area (Å²) in [6.45, 7) is 4.97. The van der Waals surface area contributed by atoms with Crippen LogP contribution in [0.1, 0.15) is 58.3 Å². The summed E-state index contributed by atoms with van der Waals surface area (Å²) >= 11 is 0. The molecule has 2 fully saturated rings. The second kappa shape index (κ2) is 9.85. The van der Waals surface area contributed by atoms with E-state index in [1.807, 2.05) is 6.92 Å². The van der Waals surface area contributed by atoms with Crippen molar-refractivity contribution in [1.29, 1.82) is 0 Å². The number of sulfonamides is 1. The molecule has 2 aliphatic rings. The molecule has 1 atom stereocenters. The van der Waals surface area contributed by atoms with Crippen LogP contribution in [-0.2, 0) is 14.8 Å². The van der Waals surface area contributed by atoms with Gasteiger partial charge in [0.1, 0.15) is 0 Å². The molecule has 1 N–H and O–H groups in total. The molecule has 0 aliphatic carbocycles. The molecule has 0 radical (unpaired) electrons. The minimum Gasteiger partial charge on any atom is -0.325 e. The Balaban J connectivity index is 1.67. The van der Waals surface area contributed by atoms with Crippen LogP contribution in [0.3, 0.4) is 0 Å². The van der Waals surface area contributed by atoms with Crippen molar-refractivity contribution < 1.29 is 13.2 Å². The Hall–Kier alpha value is -1.44. The Labute approximate surface area is 169 Å². The standard InChI is InChI=1S/C21H33N3O3S/c1-18(23-13-6-3-2-4-7-14-23)21(25)22-19-11-10-12-20(17-19)28(26,27)24-15-8-5-9-16-24/h10-12,17-18H,2-9,13-16H2,1H3,(H,22,25). The summed E-state index contributed by atoms with van der Waals surface area (Å²) in [5, 5.41) is 2.93. The van der Waals surface area contributed by atoms with Crippen molar-refractivity contribution in [1.82, 2.24) is 9.21 Å². The Bertz CT molecular complexity index is 752. The van der Waals surface area contributed by atoms with Gasteiger partial charge in [0.25, 0.3) is 0 Å². The number of nitrogens with zero attached hydrogens (tertiary/aromatic N) is 2. The van der Waals surface area contributed by atoms with Crippen molar-refractivity contribution in [2.75, 3.05) is 31.5 Å². The van der Waals surface area contributed by atoms with Gasteiger partial charge < -0.3 is 5.32 Å². The quantitative estimate of drug-likeness (QED) is 0.812. The molecular formula is C21H33N3O3S. The van der Waals surface area contributed by atoms with Crippen LogP contribution in [0.4, 0.5) is 5.69 Å². The smallest absolute Gasteiger partial charge is 0.243 e. The van der Waals surface area contributed by atoms with Crippen LogP contribution in [0.15, 0.2) is 29.2 Å². The highest BCUT2D eigenvalue weighted by molar-refractivity contribution is 7.89. The number of hydrogen-bond donors (Lipinski definition) is 1. The van der Waals surface area contributed by atoms with Gasteiger partial charge in [-0.3, -0.25) is 9.69 Å². The molecule has 1 aromatic carbocycles. The zero-order valence-corrected chi connectivity index (χ0v) is 17.7. The third kappa shape index (κ3) is 5.33. The fourth-order valence-electron chi connectivity index (χ4n) is 4.06. The van der Waals surface area contributed by atoms with Gasteiger partial charge in [-0.15, -0.1) is 0 Å². The molecule has 2 heterocycles. The molecular weight excluding hydrogens is 374 g/mol. The Morgan fingerprint density at radius 1 is 0.929 bits per heavy atom. The van der Waals surface area contributed by atoms with Gasteiger partial charge in [-0.25, -0.2) is 8.42 Å². The maximum absolute atomic E-state index is 12.9. The zero-order chi connectivity index (χ0) is 20.0. The van der Waals surface area contributed by atoms with E-state index in [0.29, 0.717) is 18.8 Å². The molecule has 0 bridgehead atoms. The molecule has 1 aromatic rings. The minimum absolute atomic E-state index is 0.0758. The first-order valence-electron chi connectivity index (χ1n) is 10.6. The lowest BCUT2D eigenvalue weighted by molar-refractivity contribution is -0.120. The van der Waals surface area contributed by atoms with Crippen molar-refractivity contribution in [2.45, 2.75) is 69.2 Å². The van der Waals surface area contributed by atoms with Crippen LogP contribution in [-0.4, -0.2) is 55.8 Å². The maximum atomic E-state index is 12.9. The molecule has 2 aliphatic heterocycles. The van der Waals surface area contributed by atoms with E-state index >= 15 is 0 Å². The van der Waals surface area contributed by atoms with E-state index in [0.717, 1.165) is 45.2 Å². The van der Waals surface area contributed by atoms with Gasteiger partial charge in [0, 0.05) is 18.8 Å². The third-order valence-electron chi connectivity index (χ3n) is 5.87. The predicted octanol–water partition coefficient (Wildman–Crippen LogP) is 3.45. The van der Waals surface area contributed by atoms with Crippen LogP contribution >= 0.6 is 0 Å². The summed E-state index contributed by atoms with van der Waals surface area (Å²) in [7, 11) is -3.50. The number of benzene rings is 1. The topological polar surface area (TPSA) is 69.7 Å². The van der Waals surface area contributed by atoms with Gasteiger partial charge in [-0.2, -0.15) is 4.31 Å². The SMILES string of the molecule is CC(C(=O)Nc1cccc(S(=O)(=O)N2CCCCC2)c1)N1CCCCCCC1. The summed E-state index contributed by atoms with van der Waals surface area (Å²) in [4.78, 5) is 15.3. The molecule has 0 spiro atoms. The second-order valence-corrected chi connectivity index (χ2v) is 9.90. The normalized spacial score (nSPS) is 21.5. The molecule has 2 saturated heterocycles. The van der Waals surface area contributed by atoms with E-state index in [-0.39, 0.29) is 16.8 Å². The Morgan fingerprint density at radius 2 is 1.50 bits per heavy atom. The van der Waals surface area contributed by atoms with Gasteiger partial charge in [0.2, 0.25) is 15.9 Å². The largest absolute Gasteiger partial charge is 0.325 e. The number of piperidine rings is 1. The average Bonchev–Trinajstić information content (AvgIpc) is 2.68. The number of nitrogens with one attached hydrogen (secondary N) is 1. The van der Waals surface area contributed by atoms with E-state index in [9.17, 15) is 13.2 Å². The number of anilines is 1. The Kier molecular flexibility index (Phi) is 7.48. The molecule has 1 unspecified atom stereocenters. The summed E-state index contributed by atoms with van der Waals surface area (Å²) in [5.74, 6) is -0.0758. The van der Waals surface area contributed by atoms with Crippen molar-refractivity contribution in [3.63, 3.8) is 0 Å². The van der Waals surface area contributed by atoms with Gasteiger partial charge in [0.05, 0.1) is 10.9 Å². The molecule has 156 valence electrons. The molecule has 0 saturated carbocycles. The van der Waals surface area contributed by atoms with Crippen LogP contribution < -0.4 is 5.32 Å². The number of amides is 1. The summed E-state index contributed by atoms with van der Waals surface area (Å²) in [6.07, 6.45) is 8.88. The van der Waals surface area contributed by atoms with Crippen molar-refractivity contribution in [3.05, 3.63) is 24.3 Å². The van der Waals surface area contributed by atoms with E-state index in [1.54, 1.807) is 28.6 Å². The molecule has 6 nitrogen and oxygen atoms in total.